The van der Waals surface area contributed by atoms with Crippen LogP contribution in [0.4, 0.5) is 0 Å². The van der Waals surface area contributed by atoms with Crippen LogP contribution in [0.15, 0.2) is 0 Å². The molecule has 0 rings (SSSR count). The van der Waals surface area contributed by atoms with Crippen molar-refractivity contribution >= 4 is 46.6 Å². The van der Waals surface area contributed by atoms with E-state index in [4.69, 9.17) is 40.5 Å². The van der Waals surface area contributed by atoms with Crippen molar-refractivity contribution in [2.75, 3.05) is 6.54 Å². The summed E-state index contributed by atoms with van der Waals surface area (Å²) in [7, 11) is 0. The van der Waals surface area contributed by atoms with Gasteiger partial charge in [-0.15, -0.1) is 0 Å². The summed E-state index contributed by atoms with van der Waals surface area (Å²) < 4.78 is -2.07. The lowest BCUT2D eigenvalue weighted by Crippen LogP contribution is -2.37. The minimum Gasteiger partial charge on any atom is -0.343 e. The minimum absolute atomic E-state index is 0.452. The van der Waals surface area contributed by atoms with Gasteiger partial charge in [0.15, 0.2) is 0 Å². The molecule has 63 valence electrons. The number of halogens is 3. The summed E-state index contributed by atoms with van der Waals surface area (Å²) in [6, 6.07) is 0. The van der Waals surface area contributed by atoms with E-state index >= 15 is 0 Å². The summed E-state index contributed by atoms with van der Waals surface area (Å²) in [4.78, 5) is 20.6. The topological polar surface area (TPSA) is 70.0 Å². The Labute approximate surface area is 78.0 Å². The van der Waals surface area contributed by atoms with E-state index in [0.717, 1.165) is 0 Å². The van der Waals surface area contributed by atoms with Crippen molar-refractivity contribution in [2.45, 2.75) is 3.79 Å². The van der Waals surface area contributed by atoms with Crippen molar-refractivity contribution in [3.8, 4) is 0 Å². The van der Waals surface area contributed by atoms with Crippen molar-refractivity contribution in [2.24, 2.45) is 0 Å². The Kier molecular flexibility index (Phi) is 3.92. The first-order valence-electron chi connectivity index (χ1n) is 2.43. The molecule has 2 N–H and O–H groups in total. The van der Waals surface area contributed by atoms with Crippen LogP contribution in [0.5, 0.6) is 0 Å². The van der Waals surface area contributed by atoms with Crippen LogP contribution in [0.3, 0.4) is 0 Å². The van der Waals surface area contributed by atoms with Gasteiger partial charge < -0.3 is 5.32 Å². The Morgan fingerprint density at radius 2 is 1.82 bits per heavy atom. The monoisotopic (exact) mass is 217 g/mol. The number of hydrogen-bond acceptors (Lipinski definition) is 2. The first kappa shape index (κ1) is 10.8. The molecule has 0 fully saturated rings. The fourth-order valence-electron chi connectivity index (χ4n) is 0.261. The van der Waals surface area contributed by atoms with Gasteiger partial charge in [-0.25, -0.2) is 0 Å². The van der Waals surface area contributed by atoms with Crippen LogP contribution >= 0.6 is 34.8 Å². The Morgan fingerprint density at radius 3 is 2.09 bits per heavy atom. The third kappa shape index (κ3) is 5.12. The lowest BCUT2D eigenvalue weighted by Gasteiger charge is -2.08. The van der Waals surface area contributed by atoms with Crippen LogP contribution in [0.1, 0.15) is 0 Å². The van der Waals surface area contributed by atoms with Gasteiger partial charge in [0.05, 0.1) is 6.54 Å². The first-order chi connectivity index (χ1) is 4.84. The molecular weight excluding hydrogens is 214 g/mol. The molecule has 0 aromatic rings. The highest BCUT2D eigenvalue weighted by Crippen LogP contribution is 2.25. The standard InChI is InChI=1S/C4H4Cl3N2O2/c5-4(6,7)3(11)9-1-2(8)10/h8H,1H2,(H,9,11). The number of hydrogen-bond donors (Lipinski definition) is 1. The molecule has 0 aliphatic rings. The van der Waals surface area contributed by atoms with Gasteiger partial charge in [0, 0.05) is 0 Å². The average Bonchev–Trinajstić information content (AvgIpc) is 1.80. The van der Waals surface area contributed by atoms with Crippen molar-refractivity contribution in [3.63, 3.8) is 0 Å². The second-order valence-electron chi connectivity index (χ2n) is 1.60. The van der Waals surface area contributed by atoms with Gasteiger partial charge in [0.25, 0.3) is 15.6 Å². The van der Waals surface area contributed by atoms with E-state index in [-0.39, 0.29) is 0 Å². The Bertz CT molecular complexity index is 177. The highest BCUT2D eigenvalue weighted by atomic mass is 35.6. The van der Waals surface area contributed by atoms with Gasteiger partial charge >= 0.3 is 0 Å². The Morgan fingerprint density at radius 1 is 1.36 bits per heavy atom. The van der Waals surface area contributed by atoms with E-state index in [9.17, 15) is 9.59 Å². The van der Waals surface area contributed by atoms with Gasteiger partial charge in [-0.3, -0.25) is 15.3 Å². The van der Waals surface area contributed by atoms with E-state index in [2.05, 4.69) is 0 Å². The third-order valence-corrected chi connectivity index (χ3v) is 1.18. The quantitative estimate of drug-likeness (QED) is 0.677. The molecule has 0 saturated carbocycles. The molecular formula is C4H4Cl3N2O2. The third-order valence-electron chi connectivity index (χ3n) is 0.667. The first-order valence-corrected chi connectivity index (χ1v) is 3.57. The highest BCUT2D eigenvalue weighted by Gasteiger charge is 2.30. The van der Waals surface area contributed by atoms with Crippen LogP contribution in [0.2, 0.25) is 0 Å². The number of amides is 2. The number of carbonyl (C=O) groups is 2. The molecule has 0 saturated heterocycles. The van der Waals surface area contributed by atoms with E-state index in [1.54, 1.807) is 0 Å². The van der Waals surface area contributed by atoms with Gasteiger partial charge in [-0.05, 0) is 0 Å². The van der Waals surface area contributed by atoms with Crippen molar-refractivity contribution < 1.29 is 9.59 Å². The van der Waals surface area contributed by atoms with Gasteiger partial charge in [-0.1, -0.05) is 34.8 Å². The maximum atomic E-state index is 10.6. The predicted molar refractivity (Wildman–Crippen MR) is 41.4 cm³/mol. The Balaban J connectivity index is 3.80. The highest BCUT2D eigenvalue weighted by molar-refractivity contribution is 6.76. The molecule has 0 aromatic carbocycles. The summed E-state index contributed by atoms with van der Waals surface area (Å²) in [5.41, 5.74) is 6.39. The average molecular weight is 218 g/mol. The number of alkyl halides is 3. The molecule has 0 unspecified atom stereocenters. The van der Waals surface area contributed by atoms with Crippen LogP contribution in [-0.2, 0) is 9.59 Å². The summed E-state index contributed by atoms with van der Waals surface area (Å²) in [5.74, 6) is -1.87. The maximum Gasteiger partial charge on any atom is 0.272 e. The molecule has 0 bridgehead atoms. The Hall–Kier alpha value is -0.190. The van der Waals surface area contributed by atoms with E-state index in [1.807, 2.05) is 5.32 Å². The molecule has 1 radical (unpaired) electrons. The molecule has 0 heterocycles. The summed E-state index contributed by atoms with van der Waals surface area (Å²) in [5, 5.41) is 1.95. The predicted octanol–water partition coefficient (Wildman–Crippen LogP) is 0.282. The number of rotatable bonds is 2. The molecule has 7 heteroatoms. The lowest BCUT2D eigenvalue weighted by atomic mass is 10.5. The summed E-state index contributed by atoms with van der Waals surface area (Å²) in [6.45, 7) is -0.452. The lowest BCUT2D eigenvalue weighted by molar-refractivity contribution is -0.124. The second kappa shape index (κ2) is 3.99. The van der Waals surface area contributed by atoms with Crippen LogP contribution in [-0.4, -0.2) is 22.2 Å². The van der Waals surface area contributed by atoms with Gasteiger partial charge in [-0.2, -0.15) is 0 Å². The van der Waals surface area contributed by atoms with Crippen molar-refractivity contribution in [1.82, 2.24) is 11.1 Å². The molecule has 4 nitrogen and oxygen atoms in total. The molecule has 11 heavy (non-hydrogen) atoms. The number of carbonyl (C=O) groups excluding carboxylic acids is 2. The second-order valence-corrected chi connectivity index (χ2v) is 3.88. The van der Waals surface area contributed by atoms with E-state index in [0.29, 0.717) is 0 Å². The van der Waals surface area contributed by atoms with Crippen LogP contribution in [0.25, 0.3) is 0 Å². The normalized spacial score (nSPS) is 10.8. The zero-order chi connectivity index (χ0) is 9.07. The molecule has 0 spiro atoms. The van der Waals surface area contributed by atoms with E-state index < -0.39 is 22.2 Å². The molecule has 2 amide bonds. The zero-order valence-corrected chi connectivity index (χ0v) is 7.43. The van der Waals surface area contributed by atoms with E-state index in [1.165, 1.54) is 0 Å². The van der Waals surface area contributed by atoms with Crippen molar-refractivity contribution in [3.05, 3.63) is 0 Å². The van der Waals surface area contributed by atoms with Crippen LogP contribution in [0, 0.1) is 0 Å². The molecule has 0 atom stereocenters. The van der Waals surface area contributed by atoms with Gasteiger partial charge in [0.1, 0.15) is 0 Å². The molecule has 0 aliphatic heterocycles. The zero-order valence-electron chi connectivity index (χ0n) is 5.16. The number of nitrogens with one attached hydrogen (secondary N) is 2. The van der Waals surface area contributed by atoms with Crippen LogP contribution < -0.4 is 11.1 Å². The fraction of sp³-hybridized carbons (Fsp3) is 0.500. The van der Waals surface area contributed by atoms with Gasteiger partial charge in [0.2, 0.25) is 0 Å². The maximum absolute atomic E-state index is 10.6. The molecule has 0 aromatic heterocycles. The summed E-state index contributed by atoms with van der Waals surface area (Å²) in [6.07, 6.45) is 0. The largest absolute Gasteiger partial charge is 0.343 e. The minimum atomic E-state index is -2.07. The SMILES string of the molecule is [NH]C(=O)CNC(=O)C(Cl)(Cl)Cl. The molecule has 0 aliphatic carbocycles. The van der Waals surface area contributed by atoms with Crippen molar-refractivity contribution in [1.29, 1.82) is 0 Å². The summed E-state index contributed by atoms with van der Waals surface area (Å²) >= 11 is 15.3. The smallest absolute Gasteiger partial charge is 0.272 e. The fourth-order valence-corrected chi connectivity index (χ4v) is 0.461.